The van der Waals surface area contributed by atoms with Crippen LogP contribution in [0.4, 0.5) is 16.3 Å². The van der Waals surface area contributed by atoms with Crippen molar-refractivity contribution in [3.05, 3.63) is 43.8 Å². The van der Waals surface area contributed by atoms with Gasteiger partial charge in [-0.05, 0) is 91.9 Å². The highest BCUT2D eigenvalue weighted by molar-refractivity contribution is 14.1. The van der Waals surface area contributed by atoms with Crippen LogP contribution in [0.25, 0.3) is 0 Å². The highest BCUT2D eigenvalue weighted by Crippen LogP contribution is 2.42. The van der Waals surface area contributed by atoms with Gasteiger partial charge in [0.05, 0.1) is 9.11 Å². The molecule has 1 aliphatic rings. The molecule has 1 aromatic carbocycles. The average molecular weight is 535 g/mol. The first-order valence-corrected chi connectivity index (χ1v) is 10.7. The van der Waals surface area contributed by atoms with Crippen LogP contribution in [-0.2, 0) is 10.3 Å². The van der Waals surface area contributed by atoms with Crippen LogP contribution in [0.15, 0.2) is 24.3 Å². The van der Waals surface area contributed by atoms with Gasteiger partial charge in [0.25, 0.3) is 0 Å². The van der Waals surface area contributed by atoms with Gasteiger partial charge in [-0.1, -0.05) is 23.7 Å². The molecule has 0 unspecified atom stereocenters. The summed E-state index contributed by atoms with van der Waals surface area (Å²) in [7, 11) is 0. The molecule has 1 amide bonds. The predicted molar refractivity (Wildman–Crippen MR) is 119 cm³/mol. The van der Waals surface area contributed by atoms with E-state index in [1.165, 1.54) is 0 Å². The first-order valence-electron chi connectivity index (χ1n) is 8.85. The summed E-state index contributed by atoms with van der Waals surface area (Å²) >= 11 is 14.0. The van der Waals surface area contributed by atoms with E-state index in [2.05, 4.69) is 43.2 Å². The van der Waals surface area contributed by atoms with Gasteiger partial charge in [0.15, 0.2) is 0 Å². The molecule has 0 atom stereocenters. The molecule has 1 heterocycles. The van der Waals surface area contributed by atoms with E-state index < -0.39 is 11.7 Å². The van der Waals surface area contributed by atoms with E-state index in [0.717, 1.165) is 30.5 Å². The normalized spacial score (nSPS) is 15.5. The van der Waals surface area contributed by atoms with E-state index in [4.69, 9.17) is 27.9 Å². The second-order valence-electron chi connectivity index (χ2n) is 7.71. The van der Waals surface area contributed by atoms with Gasteiger partial charge in [-0.3, -0.25) is 0 Å². The quantitative estimate of drug-likeness (QED) is 0.284. The van der Waals surface area contributed by atoms with Crippen LogP contribution in [0.1, 0.15) is 45.6 Å². The Bertz CT molecular complexity index is 881. The highest BCUT2D eigenvalue weighted by Gasteiger charge is 2.41. The largest absolute Gasteiger partial charge is 0.444 e. The summed E-state index contributed by atoms with van der Waals surface area (Å²) in [6, 6.07) is 7.87. The summed E-state index contributed by atoms with van der Waals surface area (Å²) in [5.41, 5.74) is 0.972. The number of anilines is 2. The van der Waals surface area contributed by atoms with Crippen molar-refractivity contribution in [3.8, 4) is 0 Å². The fourth-order valence-electron chi connectivity index (χ4n) is 3.00. The summed E-state index contributed by atoms with van der Waals surface area (Å²) in [6.45, 7) is 5.56. The van der Waals surface area contributed by atoms with Gasteiger partial charge in [-0.15, -0.1) is 0 Å². The molecule has 150 valence electrons. The maximum Gasteiger partial charge on any atom is 0.408 e. The highest BCUT2D eigenvalue weighted by atomic mass is 127. The first-order chi connectivity index (χ1) is 13.1. The van der Waals surface area contributed by atoms with E-state index >= 15 is 0 Å². The number of amides is 1. The Kier molecular flexibility index (Phi) is 6.26. The number of alkyl carbamates (subject to hydrolysis) is 1. The molecule has 2 N–H and O–H groups in total. The van der Waals surface area contributed by atoms with Crippen molar-refractivity contribution in [1.29, 1.82) is 0 Å². The minimum atomic E-state index is -0.528. The Labute approximate surface area is 187 Å². The Morgan fingerprint density at radius 3 is 2.36 bits per heavy atom. The van der Waals surface area contributed by atoms with Gasteiger partial charge >= 0.3 is 6.09 Å². The molecule has 0 bridgehead atoms. The molecule has 0 aliphatic heterocycles. The van der Waals surface area contributed by atoms with Crippen molar-refractivity contribution >= 4 is 63.4 Å². The Morgan fingerprint density at radius 1 is 1.18 bits per heavy atom. The molecule has 3 rings (SSSR count). The van der Waals surface area contributed by atoms with Crippen LogP contribution in [0.2, 0.25) is 10.4 Å². The standard InChI is InChI=1S/C19H21Cl2IN4O2/c1-18(2,3)28-17(27)26-19(9-4-10-19)11-5-7-12(8-6-11)23-15-13(22)14(20)24-16(21)25-15/h5-8H,4,9-10H2,1-3H3,(H,26,27)(H,23,24,25). The Hall–Kier alpha value is -1.32. The third-order valence-corrected chi connectivity index (χ3v) is 6.21. The predicted octanol–water partition coefficient (Wildman–Crippen LogP) is 6.04. The number of hydrogen-bond donors (Lipinski definition) is 2. The zero-order valence-corrected chi connectivity index (χ0v) is 19.4. The summed E-state index contributed by atoms with van der Waals surface area (Å²) in [5, 5.41) is 6.64. The van der Waals surface area contributed by atoms with E-state index in [0.29, 0.717) is 14.5 Å². The van der Waals surface area contributed by atoms with Crippen LogP contribution < -0.4 is 10.6 Å². The van der Waals surface area contributed by atoms with E-state index in [9.17, 15) is 4.79 Å². The topological polar surface area (TPSA) is 76.1 Å². The summed E-state index contributed by atoms with van der Waals surface area (Å²) in [4.78, 5) is 20.4. The minimum Gasteiger partial charge on any atom is -0.444 e. The summed E-state index contributed by atoms with van der Waals surface area (Å²) in [5.74, 6) is 0.545. The maximum atomic E-state index is 12.3. The number of hydrogen-bond acceptors (Lipinski definition) is 5. The van der Waals surface area contributed by atoms with Gasteiger partial charge in [0, 0.05) is 5.69 Å². The lowest BCUT2D eigenvalue weighted by Gasteiger charge is -2.43. The molecular formula is C19H21Cl2IN4O2. The van der Waals surface area contributed by atoms with Crippen molar-refractivity contribution < 1.29 is 9.53 Å². The van der Waals surface area contributed by atoms with Crippen LogP contribution in [0.5, 0.6) is 0 Å². The lowest BCUT2D eigenvalue weighted by molar-refractivity contribution is 0.0377. The lowest BCUT2D eigenvalue weighted by atomic mass is 9.72. The number of rotatable bonds is 4. The van der Waals surface area contributed by atoms with Crippen molar-refractivity contribution in [2.45, 2.75) is 51.2 Å². The summed E-state index contributed by atoms with van der Waals surface area (Å²) < 4.78 is 6.12. The molecule has 28 heavy (non-hydrogen) atoms. The molecular weight excluding hydrogens is 514 g/mol. The van der Waals surface area contributed by atoms with Gasteiger partial charge in [-0.25, -0.2) is 9.78 Å². The molecule has 1 aliphatic carbocycles. The van der Waals surface area contributed by atoms with Gasteiger partial charge < -0.3 is 15.4 Å². The number of aromatic nitrogens is 2. The van der Waals surface area contributed by atoms with Gasteiger partial charge in [0.2, 0.25) is 5.28 Å². The zero-order chi connectivity index (χ0) is 20.5. The molecule has 2 aromatic rings. The molecule has 9 heteroatoms. The Balaban J connectivity index is 1.75. The molecule has 1 aromatic heterocycles. The SMILES string of the molecule is CC(C)(C)OC(=O)NC1(c2ccc(Nc3nc(Cl)nc(Cl)c3I)cc2)CCC1. The van der Waals surface area contributed by atoms with Crippen LogP contribution >= 0.6 is 45.8 Å². The molecule has 0 saturated heterocycles. The second kappa shape index (κ2) is 8.20. The smallest absolute Gasteiger partial charge is 0.408 e. The molecule has 1 saturated carbocycles. The lowest BCUT2D eigenvalue weighted by Crippen LogP contribution is -2.52. The van der Waals surface area contributed by atoms with Crippen molar-refractivity contribution in [3.63, 3.8) is 0 Å². The van der Waals surface area contributed by atoms with E-state index in [1.807, 2.05) is 45.0 Å². The molecule has 1 fully saturated rings. The maximum absolute atomic E-state index is 12.3. The fourth-order valence-corrected chi connectivity index (χ4v) is 3.76. The first kappa shape index (κ1) is 21.4. The molecule has 6 nitrogen and oxygen atoms in total. The van der Waals surface area contributed by atoms with Crippen molar-refractivity contribution in [1.82, 2.24) is 15.3 Å². The number of halogens is 3. The van der Waals surface area contributed by atoms with Crippen molar-refractivity contribution in [2.24, 2.45) is 0 Å². The third kappa shape index (κ3) is 4.99. The number of ether oxygens (including phenoxy) is 1. The van der Waals surface area contributed by atoms with Gasteiger partial charge in [0.1, 0.15) is 16.6 Å². The van der Waals surface area contributed by atoms with Crippen LogP contribution in [0, 0.1) is 3.57 Å². The van der Waals surface area contributed by atoms with Crippen molar-refractivity contribution in [2.75, 3.05) is 5.32 Å². The Morgan fingerprint density at radius 2 is 1.82 bits per heavy atom. The second-order valence-corrected chi connectivity index (χ2v) is 9.49. The molecule has 0 radical (unpaired) electrons. The number of carbonyl (C=O) groups is 1. The van der Waals surface area contributed by atoms with E-state index in [1.54, 1.807) is 0 Å². The third-order valence-electron chi connectivity index (χ3n) is 4.43. The van der Waals surface area contributed by atoms with Gasteiger partial charge in [-0.2, -0.15) is 4.98 Å². The number of carbonyl (C=O) groups excluding carboxylic acids is 1. The average Bonchev–Trinajstić information content (AvgIpc) is 2.55. The zero-order valence-electron chi connectivity index (χ0n) is 15.8. The number of nitrogens with one attached hydrogen (secondary N) is 2. The van der Waals surface area contributed by atoms with Crippen LogP contribution in [-0.4, -0.2) is 21.7 Å². The fraction of sp³-hybridized carbons (Fsp3) is 0.421. The number of nitrogens with zero attached hydrogens (tertiary/aromatic N) is 2. The summed E-state index contributed by atoms with van der Waals surface area (Å²) in [6.07, 6.45) is 2.43. The monoisotopic (exact) mass is 534 g/mol. The minimum absolute atomic E-state index is 0.0829. The van der Waals surface area contributed by atoms with Crippen LogP contribution in [0.3, 0.4) is 0 Å². The number of benzene rings is 1. The molecule has 0 spiro atoms. The van der Waals surface area contributed by atoms with E-state index in [-0.39, 0.29) is 10.8 Å².